The summed E-state index contributed by atoms with van der Waals surface area (Å²) in [7, 11) is 0. The van der Waals surface area contributed by atoms with Crippen molar-refractivity contribution in [2.24, 2.45) is 0 Å². The van der Waals surface area contributed by atoms with Gasteiger partial charge in [-0.15, -0.1) is 12.1 Å². The van der Waals surface area contributed by atoms with Gasteiger partial charge < -0.3 is 21.7 Å². The second kappa shape index (κ2) is 25.4. The van der Waals surface area contributed by atoms with Crippen molar-refractivity contribution in [1.82, 2.24) is 0 Å². The van der Waals surface area contributed by atoms with Gasteiger partial charge in [0.15, 0.2) is 0 Å². The van der Waals surface area contributed by atoms with E-state index >= 15 is 0 Å². The number of aliphatic hydroxyl groups excluding tert-OH is 2. The van der Waals surface area contributed by atoms with Crippen LogP contribution in [0.15, 0.2) is 0 Å². The molecule has 4 N–H and O–H groups in total. The first kappa shape index (κ1) is 30.5. The molecule has 0 rings (SSSR count). The fraction of sp³-hybridized carbons (Fsp3) is 1.00. The van der Waals surface area contributed by atoms with Crippen LogP contribution in [0.5, 0.6) is 0 Å². The van der Waals surface area contributed by atoms with Crippen LogP contribution in [0.3, 0.4) is 0 Å². The molecule has 0 radical (unpaired) electrons. The molecule has 0 aromatic rings. The molecule has 0 saturated carbocycles. The fourth-order valence-electron chi connectivity index (χ4n) is 0. The van der Waals surface area contributed by atoms with Crippen LogP contribution >= 0.6 is 0 Å². The van der Waals surface area contributed by atoms with Crippen molar-refractivity contribution in [2.45, 2.75) is 79.7 Å². The normalized spacial score (nSPS) is 8.47. The molecule has 0 saturated heterocycles. The maximum atomic E-state index is 8.06. The monoisotopic (exact) mass is 431 g/mol. The first-order valence-corrected chi connectivity index (χ1v) is 5.71. The van der Waals surface area contributed by atoms with Gasteiger partial charge in [0.1, 0.15) is 0 Å². The number of hydrogen-bond acceptors (Lipinski definition) is 2. The van der Waals surface area contributed by atoms with E-state index in [2.05, 4.69) is 0 Å². The maximum absolute atomic E-state index is 8.06. The van der Waals surface area contributed by atoms with E-state index in [1.165, 1.54) is 0 Å². The average Bonchev–Trinajstić information content (AvgIpc) is 1.76. The first-order chi connectivity index (χ1) is 6.93. The Morgan fingerprint density at radius 2 is 0.588 bits per heavy atom. The van der Waals surface area contributed by atoms with E-state index in [0.717, 1.165) is 0 Å². The van der Waals surface area contributed by atoms with Crippen LogP contribution < -0.4 is 0 Å². The zero-order valence-electron chi connectivity index (χ0n) is 12.5. The van der Waals surface area contributed by atoms with Crippen molar-refractivity contribution in [3.05, 3.63) is 11.5 Å². The Hall–Kier alpha value is 0.528. The van der Waals surface area contributed by atoms with E-state index in [0.29, 0.717) is 0 Å². The van der Waals surface area contributed by atoms with Crippen molar-refractivity contribution < 1.29 is 31.3 Å². The molecule has 17 heavy (non-hydrogen) atoms. The molecule has 0 aliphatic carbocycles. The molecule has 0 bridgehead atoms. The van der Waals surface area contributed by atoms with Crippen molar-refractivity contribution in [1.29, 1.82) is 0 Å². The van der Waals surface area contributed by atoms with Crippen LogP contribution in [0, 0.1) is 0 Å². The minimum atomic E-state index is -0.167. The molecule has 0 fully saturated rings. The molecule has 0 atom stereocenters. The smallest absolute Gasteiger partial charge is 0.675 e. The number of hydrogen-bond donors (Lipinski definition) is 2. The van der Waals surface area contributed by atoms with Gasteiger partial charge in [0.2, 0.25) is 0 Å². The van der Waals surface area contributed by atoms with E-state index in [4.69, 9.17) is 21.7 Å². The Labute approximate surface area is 122 Å². The van der Waals surface area contributed by atoms with Crippen LogP contribution in [0.2, 0.25) is 0 Å². The number of rotatable bonds is 0. The summed E-state index contributed by atoms with van der Waals surface area (Å²) in [6.07, 6.45) is -0.333. The van der Waals surface area contributed by atoms with Gasteiger partial charge in [-0.05, 0) is 27.7 Å². The molecular formula is C12H32N2O2Pt. The Bertz CT molecular complexity index is 65.5. The summed E-state index contributed by atoms with van der Waals surface area (Å²) in [5, 5.41) is 16.1. The molecule has 0 aromatic heterocycles. The quantitative estimate of drug-likeness (QED) is 0.613. The van der Waals surface area contributed by atoms with E-state index < -0.39 is 0 Å². The maximum Gasteiger partial charge on any atom is 2.00 e. The standard InChI is InChI=1S/2C3H8N.2C3H8O.Pt/c4*1-3(2)4;/h4*3-4H,1-2H3;/q2*-1;;;+2. The molecule has 5 heteroatoms. The van der Waals surface area contributed by atoms with E-state index in [1.807, 2.05) is 27.7 Å². The predicted molar refractivity (Wildman–Crippen MR) is 73.6 cm³/mol. The Morgan fingerprint density at radius 3 is 0.588 bits per heavy atom. The summed E-state index contributed by atoms with van der Waals surface area (Å²) in [5.74, 6) is 0. The minimum Gasteiger partial charge on any atom is -0.675 e. The van der Waals surface area contributed by atoms with Gasteiger partial charge >= 0.3 is 21.1 Å². The summed E-state index contributed by atoms with van der Waals surface area (Å²) in [5.41, 5.74) is 13.2. The molecular weight excluding hydrogens is 399 g/mol. The Morgan fingerprint density at radius 1 is 0.588 bits per heavy atom. The van der Waals surface area contributed by atoms with E-state index in [9.17, 15) is 0 Å². The van der Waals surface area contributed by atoms with Crippen LogP contribution in [0.1, 0.15) is 55.4 Å². The van der Waals surface area contributed by atoms with E-state index in [-0.39, 0.29) is 45.4 Å². The fourth-order valence-corrected chi connectivity index (χ4v) is 0. The molecule has 0 aliphatic heterocycles. The average molecular weight is 431 g/mol. The Kier molecular flexibility index (Phi) is 45.6. The molecule has 0 spiro atoms. The predicted octanol–water partition coefficient (Wildman–Crippen LogP) is 3.67. The summed E-state index contributed by atoms with van der Waals surface area (Å²) in [4.78, 5) is 0. The third-order valence-electron chi connectivity index (χ3n) is 0. The largest absolute Gasteiger partial charge is 2.00 e. The molecule has 0 amide bonds. The van der Waals surface area contributed by atoms with Crippen molar-refractivity contribution in [2.75, 3.05) is 0 Å². The van der Waals surface area contributed by atoms with Crippen molar-refractivity contribution in [3.63, 3.8) is 0 Å². The minimum absolute atomic E-state index is 0. The van der Waals surface area contributed by atoms with Crippen LogP contribution in [-0.4, -0.2) is 34.5 Å². The summed E-state index contributed by atoms with van der Waals surface area (Å²) in [6, 6.07) is 0.167. The van der Waals surface area contributed by atoms with Gasteiger partial charge in [0, 0.05) is 12.2 Å². The van der Waals surface area contributed by atoms with Gasteiger partial charge in [-0.1, -0.05) is 27.7 Å². The van der Waals surface area contributed by atoms with Crippen molar-refractivity contribution >= 4 is 0 Å². The Balaban J connectivity index is -0.0000000369. The van der Waals surface area contributed by atoms with Gasteiger partial charge in [-0.2, -0.15) is 0 Å². The third kappa shape index (κ3) is 12500. The second-order valence-electron chi connectivity index (χ2n) is 4.50. The van der Waals surface area contributed by atoms with Gasteiger partial charge in [0.05, 0.1) is 0 Å². The molecule has 112 valence electrons. The number of nitrogens with one attached hydrogen (secondary N) is 2. The zero-order valence-corrected chi connectivity index (χ0v) is 14.8. The van der Waals surface area contributed by atoms with Crippen LogP contribution in [-0.2, 0) is 21.1 Å². The molecule has 0 unspecified atom stereocenters. The summed E-state index contributed by atoms with van der Waals surface area (Å²) in [6.45, 7) is 14.2. The zero-order chi connectivity index (χ0) is 14.3. The molecule has 0 aliphatic rings. The van der Waals surface area contributed by atoms with Crippen LogP contribution in [0.25, 0.3) is 11.5 Å². The summed E-state index contributed by atoms with van der Waals surface area (Å²) >= 11 is 0. The SMILES string of the molecule is CC(C)O.CC(C)O.CC(C)[NH-].CC(C)[NH-].[Pt+2]. The molecule has 0 aromatic carbocycles. The van der Waals surface area contributed by atoms with Gasteiger partial charge in [0.25, 0.3) is 0 Å². The van der Waals surface area contributed by atoms with E-state index in [1.54, 1.807) is 27.7 Å². The molecule has 4 nitrogen and oxygen atoms in total. The van der Waals surface area contributed by atoms with Crippen molar-refractivity contribution in [3.8, 4) is 0 Å². The molecule has 0 heterocycles. The topological polar surface area (TPSA) is 88.1 Å². The van der Waals surface area contributed by atoms with Gasteiger partial charge in [-0.3, -0.25) is 0 Å². The third-order valence-corrected chi connectivity index (χ3v) is 0. The van der Waals surface area contributed by atoms with Gasteiger partial charge in [-0.25, -0.2) is 0 Å². The summed E-state index contributed by atoms with van der Waals surface area (Å²) < 4.78 is 0. The number of aliphatic hydroxyl groups is 2. The first-order valence-electron chi connectivity index (χ1n) is 5.71. The second-order valence-corrected chi connectivity index (χ2v) is 4.50. The van der Waals surface area contributed by atoms with Crippen LogP contribution in [0.4, 0.5) is 0 Å².